The summed E-state index contributed by atoms with van der Waals surface area (Å²) in [5, 5.41) is 3.53. The van der Waals surface area contributed by atoms with Crippen LogP contribution in [0.3, 0.4) is 0 Å². The first-order chi connectivity index (χ1) is 8.83. The lowest BCUT2D eigenvalue weighted by molar-refractivity contribution is 0.839. The Bertz CT molecular complexity index is 534. The summed E-state index contributed by atoms with van der Waals surface area (Å²) >= 11 is 0. The van der Waals surface area contributed by atoms with Crippen LogP contribution in [0, 0.1) is 0 Å². The molecule has 0 saturated heterocycles. The normalized spacial score (nSPS) is 15.2. The number of hydrogen-bond acceptors (Lipinski definition) is 2. The SMILES string of the molecule is CC(Nc1ccc2c(c1)CCC2)c1ccccn1. The molecule has 0 bridgehead atoms. The highest BCUT2D eigenvalue weighted by Gasteiger charge is 2.12. The number of fused-ring (bicyclic) bond motifs is 1. The molecule has 0 amide bonds. The van der Waals surface area contributed by atoms with Gasteiger partial charge >= 0.3 is 0 Å². The fourth-order valence-electron chi connectivity index (χ4n) is 2.62. The lowest BCUT2D eigenvalue weighted by Gasteiger charge is -2.15. The Hall–Kier alpha value is -1.83. The number of anilines is 1. The predicted octanol–water partition coefficient (Wildman–Crippen LogP) is 3.74. The van der Waals surface area contributed by atoms with E-state index in [0.717, 1.165) is 5.69 Å². The van der Waals surface area contributed by atoms with Crippen LogP contribution < -0.4 is 5.32 Å². The van der Waals surface area contributed by atoms with Gasteiger partial charge in [-0.3, -0.25) is 4.98 Å². The summed E-state index contributed by atoms with van der Waals surface area (Å²) < 4.78 is 0. The van der Waals surface area contributed by atoms with Gasteiger partial charge in [-0.25, -0.2) is 0 Å². The number of benzene rings is 1. The Kier molecular flexibility index (Phi) is 3.01. The zero-order valence-electron chi connectivity index (χ0n) is 10.7. The number of pyridine rings is 1. The van der Waals surface area contributed by atoms with Crippen LogP contribution in [-0.2, 0) is 12.8 Å². The van der Waals surface area contributed by atoms with E-state index in [1.807, 2.05) is 18.3 Å². The maximum atomic E-state index is 4.38. The molecule has 0 radical (unpaired) electrons. The molecule has 0 aliphatic heterocycles. The topological polar surface area (TPSA) is 24.9 Å². The minimum absolute atomic E-state index is 0.241. The first-order valence-electron chi connectivity index (χ1n) is 6.62. The zero-order chi connectivity index (χ0) is 12.4. The van der Waals surface area contributed by atoms with Crippen LogP contribution in [0.15, 0.2) is 42.6 Å². The fraction of sp³-hybridized carbons (Fsp3) is 0.312. The Labute approximate surface area is 108 Å². The summed E-state index contributed by atoms with van der Waals surface area (Å²) in [6, 6.07) is 13.0. The smallest absolute Gasteiger partial charge is 0.0657 e. The molecular formula is C16H18N2. The maximum Gasteiger partial charge on any atom is 0.0657 e. The van der Waals surface area contributed by atoms with Gasteiger partial charge in [-0.1, -0.05) is 12.1 Å². The highest BCUT2D eigenvalue weighted by atomic mass is 14.9. The Morgan fingerprint density at radius 1 is 1.11 bits per heavy atom. The van der Waals surface area contributed by atoms with Crippen molar-refractivity contribution in [3.8, 4) is 0 Å². The molecule has 1 unspecified atom stereocenters. The van der Waals surface area contributed by atoms with Crippen molar-refractivity contribution in [2.24, 2.45) is 0 Å². The summed E-state index contributed by atoms with van der Waals surface area (Å²) in [5.74, 6) is 0. The number of aryl methyl sites for hydroxylation is 2. The van der Waals surface area contributed by atoms with Gasteiger partial charge in [-0.2, -0.15) is 0 Å². The van der Waals surface area contributed by atoms with Gasteiger partial charge in [0.1, 0.15) is 0 Å². The van der Waals surface area contributed by atoms with Crippen LogP contribution >= 0.6 is 0 Å². The molecule has 1 aromatic carbocycles. The molecule has 3 rings (SSSR count). The minimum Gasteiger partial charge on any atom is -0.377 e. The van der Waals surface area contributed by atoms with E-state index < -0.39 is 0 Å². The summed E-state index contributed by atoms with van der Waals surface area (Å²) in [5.41, 5.74) is 5.31. The van der Waals surface area contributed by atoms with Crippen LogP contribution in [0.2, 0.25) is 0 Å². The van der Waals surface area contributed by atoms with Gasteiger partial charge in [-0.15, -0.1) is 0 Å². The number of rotatable bonds is 3. The summed E-state index contributed by atoms with van der Waals surface area (Å²) in [6.07, 6.45) is 5.61. The van der Waals surface area contributed by atoms with Crippen LogP contribution in [0.25, 0.3) is 0 Å². The Morgan fingerprint density at radius 3 is 2.83 bits per heavy atom. The fourth-order valence-corrected chi connectivity index (χ4v) is 2.62. The van der Waals surface area contributed by atoms with E-state index in [0.29, 0.717) is 0 Å². The lowest BCUT2D eigenvalue weighted by Crippen LogP contribution is -2.08. The molecule has 1 aliphatic rings. The molecule has 2 aromatic rings. The average molecular weight is 238 g/mol. The molecule has 0 fully saturated rings. The lowest BCUT2D eigenvalue weighted by atomic mass is 10.1. The first kappa shape index (κ1) is 11.3. The van der Waals surface area contributed by atoms with Gasteiger partial charge in [0.25, 0.3) is 0 Å². The summed E-state index contributed by atoms with van der Waals surface area (Å²) in [4.78, 5) is 4.38. The molecule has 1 aliphatic carbocycles. The molecule has 1 atom stereocenters. The third-order valence-corrected chi connectivity index (χ3v) is 3.61. The van der Waals surface area contributed by atoms with Crippen molar-refractivity contribution in [2.45, 2.75) is 32.2 Å². The van der Waals surface area contributed by atoms with Crippen molar-refractivity contribution in [3.05, 3.63) is 59.4 Å². The number of nitrogens with one attached hydrogen (secondary N) is 1. The van der Waals surface area contributed by atoms with Crippen molar-refractivity contribution in [3.63, 3.8) is 0 Å². The molecule has 1 N–H and O–H groups in total. The van der Waals surface area contributed by atoms with E-state index in [4.69, 9.17) is 0 Å². The number of aromatic nitrogens is 1. The maximum absolute atomic E-state index is 4.38. The zero-order valence-corrected chi connectivity index (χ0v) is 10.7. The predicted molar refractivity (Wildman–Crippen MR) is 74.7 cm³/mol. The van der Waals surface area contributed by atoms with Crippen molar-refractivity contribution in [2.75, 3.05) is 5.32 Å². The standard InChI is InChI=1S/C16H18N2/c1-12(16-7-2-3-10-17-16)18-15-9-8-13-5-4-6-14(13)11-15/h2-3,7-12,18H,4-6H2,1H3. The molecule has 2 nitrogen and oxygen atoms in total. The first-order valence-corrected chi connectivity index (χ1v) is 6.62. The highest BCUT2D eigenvalue weighted by molar-refractivity contribution is 5.51. The second kappa shape index (κ2) is 4.81. The number of hydrogen-bond donors (Lipinski definition) is 1. The van der Waals surface area contributed by atoms with Crippen molar-refractivity contribution >= 4 is 5.69 Å². The van der Waals surface area contributed by atoms with Crippen LogP contribution in [0.1, 0.15) is 36.2 Å². The molecule has 0 spiro atoms. The van der Waals surface area contributed by atoms with Crippen molar-refractivity contribution in [1.82, 2.24) is 4.98 Å². The average Bonchev–Trinajstić information content (AvgIpc) is 2.87. The largest absolute Gasteiger partial charge is 0.377 e. The van der Waals surface area contributed by atoms with Gasteiger partial charge < -0.3 is 5.32 Å². The molecule has 92 valence electrons. The quantitative estimate of drug-likeness (QED) is 0.881. The molecule has 1 aromatic heterocycles. The molecular weight excluding hydrogens is 220 g/mol. The van der Waals surface area contributed by atoms with E-state index in [-0.39, 0.29) is 6.04 Å². The summed E-state index contributed by atoms with van der Waals surface area (Å²) in [6.45, 7) is 2.15. The van der Waals surface area contributed by atoms with E-state index in [2.05, 4.69) is 41.5 Å². The summed E-state index contributed by atoms with van der Waals surface area (Å²) in [7, 11) is 0. The number of nitrogens with zero attached hydrogens (tertiary/aromatic N) is 1. The van der Waals surface area contributed by atoms with E-state index in [1.54, 1.807) is 0 Å². The van der Waals surface area contributed by atoms with Crippen molar-refractivity contribution < 1.29 is 0 Å². The Morgan fingerprint density at radius 2 is 2.00 bits per heavy atom. The second-order valence-electron chi connectivity index (χ2n) is 4.96. The molecule has 1 heterocycles. The van der Waals surface area contributed by atoms with E-state index >= 15 is 0 Å². The van der Waals surface area contributed by atoms with E-state index in [1.165, 1.54) is 36.1 Å². The van der Waals surface area contributed by atoms with Gasteiger partial charge in [0.2, 0.25) is 0 Å². The Balaban J connectivity index is 1.77. The molecule has 2 heteroatoms. The van der Waals surface area contributed by atoms with Crippen LogP contribution in [-0.4, -0.2) is 4.98 Å². The van der Waals surface area contributed by atoms with E-state index in [9.17, 15) is 0 Å². The molecule has 18 heavy (non-hydrogen) atoms. The van der Waals surface area contributed by atoms with Gasteiger partial charge in [0, 0.05) is 11.9 Å². The third kappa shape index (κ3) is 2.23. The highest BCUT2D eigenvalue weighted by Crippen LogP contribution is 2.26. The van der Waals surface area contributed by atoms with Gasteiger partial charge in [-0.05, 0) is 61.6 Å². The third-order valence-electron chi connectivity index (χ3n) is 3.61. The van der Waals surface area contributed by atoms with Gasteiger partial charge in [0.05, 0.1) is 11.7 Å². The van der Waals surface area contributed by atoms with Crippen molar-refractivity contribution in [1.29, 1.82) is 0 Å². The minimum atomic E-state index is 0.241. The monoisotopic (exact) mass is 238 g/mol. The molecule has 0 saturated carbocycles. The van der Waals surface area contributed by atoms with Crippen LogP contribution in [0.4, 0.5) is 5.69 Å². The van der Waals surface area contributed by atoms with Crippen LogP contribution in [0.5, 0.6) is 0 Å². The second-order valence-corrected chi connectivity index (χ2v) is 4.96. The van der Waals surface area contributed by atoms with Gasteiger partial charge in [0.15, 0.2) is 0 Å².